The van der Waals surface area contributed by atoms with Gasteiger partial charge in [-0.25, -0.2) is 0 Å². The normalized spacial score (nSPS) is 41.3. The largest absolute Gasteiger partial charge is 0.0953 e. The maximum atomic E-state index is 4.20. The molecular weight excluding hydrogens is 192 g/mol. The van der Waals surface area contributed by atoms with Crippen LogP contribution < -0.4 is 0 Å². The SMILES string of the molecule is [CH2+]C1CCC(C2CCC(/C=C/C)CC2)CC1. The lowest BCUT2D eigenvalue weighted by atomic mass is 9.69. The molecule has 0 bridgehead atoms. The molecule has 2 fully saturated rings. The second kappa shape index (κ2) is 5.80. The molecule has 0 atom stereocenters. The molecule has 2 saturated carbocycles. The smallest absolute Gasteiger partial charge is 0.0914 e. The predicted molar refractivity (Wildman–Crippen MR) is 71.1 cm³/mol. The van der Waals surface area contributed by atoms with E-state index >= 15 is 0 Å². The van der Waals surface area contributed by atoms with Crippen molar-refractivity contribution < 1.29 is 0 Å². The number of hydrogen-bond acceptors (Lipinski definition) is 0. The van der Waals surface area contributed by atoms with Crippen LogP contribution in [0.1, 0.15) is 58.3 Å². The van der Waals surface area contributed by atoms with Crippen LogP contribution in [0.4, 0.5) is 0 Å². The molecule has 0 nitrogen and oxygen atoms in total. The minimum Gasteiger partial charge on any atom is -0.0914 e. The van der Waals surface area contributed by atoms with Gasteiger partial charge in [0, 0.05) is 0 Å². The summed E-state index contributed by atoms with van der Waals surface area (Å²) in [6.07, 6.45) is 16.2. The first kappa shape index (κ1) is 12.1. The van der Waals surface area contributed by atoms with Gasteiger partial charge >= 0.3 is 0 Å². The van der Waals surface area contributed by atoms with Gasteiger partial charge in [-0.05, 0) is 76.0 Å². The standard InChI is InChI=1S/C16H27/c1-3-4-14-7-11-16(12-8-14)15-9-5-13(2)6-10-15/h3-4,13-16H,2,5-12H2,1H3/q+1/b4-3+. The van der Waals surface area contributed by atoms with Gasteiger partial charge in [-0.2, -0.15) is 0 Å². The van der Waals surface area contributed by atoms with Crippen LogP contribution in [0.2, 0.25) is 0 Å². The van der Waals surface area contributed by atoms with E-state index in [0.29, 0.717) is 0 Å². The Hall–Kier alpha value is -0.390. The van der Waals surface area contributed by atoms with Gasteiger partial charge in [0.05, 0.1) is 12.8 Å². The highest BCUT2D eigenvalue weighted by Gasteiger charge is 2.30. The van der Waals surface area contributed by atoms with Gasteiger partial charge in [-0.1, -0.05) is 12.2 Å². The fourth-order valence-corrected chi connectivity index (χ4v) is 3.74. The zero-order valence-electron chi connectivity index (χ0n) is 10.8. The van der Waals surface area contributed by atoms with Crippen LogP contribution in [0.25, 0.3) is 0 Å². The average molecular weight is 219 g/mol. The molecule has 0 aliphatic heterocycles. The van der Waals surface area contributed by atoms with Gasteiger partial charge in [-0.3, -0.25) is 0 Å². The summed E-state index contributed by atoms with van der Waals surface area (Å²) in [4.78, 5) is 0. The van der Waals surface area contributed by atoms with Crippen molar-refractivity contribution in [1.29, 1.82) is 0 Å². The Labute approximate surface area is 102 Å². The van der Waals surface area contributed by atoms with Crippen molar-refractivity contribution in [3.63, 3.8) is 0 Å². The van der Waals surface area contributed by atoms with Gasteiger partial charge in [0.2, 0.25) is 0 Å². The summed E-state index contributed by atoms with van der Waals surface area (Å²) in [6.45, 7) is 6.36. The van der Waals surface area contributed by atoms with E-state index in [9.17, 15) is 0 Å². The molecule has 0 aromatic carbocycles. The molecule has 0 aromatic rings. The molecule has 0 N–H and O–H groups in total. The second-order valence-electron chi connectivity index (χ2n) is 5.98. The van der Waals surface area contributed by atoms with Crippen LogP contribution in [0.15, 0.2) is 12.2 Å². The van der Waals surface area contributed by atoms with Crippen molar-refractivity contribution in [2.24, 2.45) is 23.7 Å². The molecule has 16 heavy (non-hydrogen) atoms. The van der Waals surface area contributed by atoms with Crippen LogP contribution in [0.5, 0.6) is 0 Å². The van der Waals surface area contributed by atoms with Crippen LogP contribution in [-0.4, -0.2) is 0 Å². The molecule has 2 rings (SSSR count). The third-order valence-corrected chi connectivity index (χ3v) is 4.84. The third-order valence-electron chi connectivity index (χ3n) is 4.84. The van der Waals surface area contributed by atoms with E-state index in [-0.39, 0.29) is 0 Å². The summed E-state index contributed by atoms with van der Waals surface area (Å²) >= 11 is 0. The first-order valence-corrected chi connectivity index (χ1v) is 7.25. The van der Waals surface area contributed by atoms with Crippen molar-refractivity contribution in [1.82, 2.24) is 0 Å². The number of hydrogen-bond donors (Lipinski definition) is 0. The molecule has 0 saturated heterocycles. The van der Waals surface area contributed by atoms with E-state index in [1.54, 1.807) is 0 Å². The fourth-order valence-electron chi connectivity index (χ4n) is 3.74. The van der Waals surface area contributed by atoms with Gasteiger partial charge < -0.3 is 0 Å². The number of rotatable bonds is 2. The summed E-state index contributed by atoms with van der Waals surface area (Å²) in [6, 6.07) is 0. The molecule has 0 heterocycles. The summed E-state index contributed by atoms with van der Waals surface area (Å²) in [7, 11) is 0. The van der Waals surface area contributed by atoms with Crippen molar-refractivity contribution in [3.8, 4) is 0 Å². The van der Waals surface area contributed by atoms with Crippen molar-refractivity contribution >= 4 is 0 Å². The van der Waals surface area contributed by atoms with Crippen molar-refractivity contribution in [3.05, 3.63) is 19.1 Å². The molecular formula is C16H27+. The Kier molecular flexibility index (Phi) is 4.37. The summed E-state index contributed by atoms with van der Waals surface area (Å²) in [5, 5.41) is 0. The van der Waals surface area contributed by atoms with Gasteiger partial charge in [0.15, 0.2) is 0 Å². The molecule has 0 aromatic heterocycles. The zero-order valence-corrected chi connectivity index (χ0v) is 10.8. The van der Waals surface area contributed by atoms with Crippen LogP contribution >= 0.6 is 0 Å². The Morgan fingerprint density at radius 3 is 1.81 bits per heavy atom. The Balaban J connectivity index is 1.76. The minimum absolute atomic E-state index is 0.760. The van der Waals surface area contributed by atoms with Crippen molar-refractivity contribution in [2.45, 2.75) is 58.3 Å². The Morgan fingerprint density at radius 2 is 1.31 bits per heavy atom. The summed E-state index contributed by atoms with van der Waals surface area (Å²) in [5.41, 5.74) is 0. The maximum absolute atomic E-state index is 4.20. The Bertz CT molecular complexity index is 212. The summed E-state index contributed by atoms with van der Waals surface area (Å²) < 4.78 is 0. The molecule has 0 heteroatoms. The maximum Gasteiger partial charge on any atom is 0.0953 e. The zero-order chi connectivity index (χ0) is 11.4. The topological polar surface area (TPSA) is 0 Å². The van der Waals surface area contributed by atoms with Gasteiger partial charge in [-0.15, -0.1) is 0 Å². The molecule has 2 aliphatic carbocycles. The molecule has 0 radical (unpaired) electrons. The molecule has 0 unspecified atom stereocenters. The lowest BCUT2D eigenvalue weighted by molar-refractivity contribution is 0.166. The van der Waals surface area contributed by atoms with Crippen LogP contribution in [0, 0.1) is 30.6 Å². The summed E-state index contributed by atoms with van der Waals surface area (Å²) in [5.74, 6) is 3.75. The van der Waals surface area contributed by atoms with E-state index < -0.39 is 0 Å². The monoisotopic (exact) mass is 219 g/mol. The predicted octanol–water partition coefficient (Wildman–Crippen LogP) is 5.01. The van der Waals surface area contributed by atoms with Crippen LogP contribution in [-0.2, 0) is 0 Å². The fraction of sp³-hybridized carbons (Fsp3) is 0.812. The average Bonchev–Trinajstić information content (AvgIpc) is 2.32. The van der Waals surface area contributed by atoms with E-state index in [1.807, 2.05) is 0 Å². The Morgan fingerprint density at radius 1 is 0.812 bits per heavy atom. The highest BCUT2D eigenvalue weighted by atomic mass is 14.3. The highest BCUT2D eigenvalue weighted by Crippen LogP contribution is 2.41. The minimum atomic E-state index is 0.760. The van der Waals surface area contributed by atoms with Crippen molar-refractivity contribution in [2.75, 3.05) is 0 Å². The van der Waals surface area contributed by atoms with Crippen LogP contribution in [0.3, 0.4) is 0 Å². The highest BCUT2D eigenvalue weighted by molar-refractivity contribution is 4.90. The first-order chi connectivity index (χ1) is 7.79. The third kappa shape index (κ3) is 3.06. The lowest BCUT2D eigenvalue weighted by Gasteiger charge is -2.35. The van der Waals surface area contributed by atoms with Gasteiger partial charge in [0.1, 0.15) is 0 Å². The molecule has 2 aliphatic rings. The van der Waals surface area contributed by atoms with Gasteiger partial charge in [0.25, 0.3) is 0 Å². The van der Waals surface area contributed by atoms with E-state index in [0.717, 1.165) is 23.7 Å². The lowest BCUT2D eigenvalue weighted by Crippen LogP contribution is -2.24. The molecule has 0 amide bonds. The molecule has 90 valence electrons. The van der Waals surface area contributed by atoms with E-state index in [1.165, 1.54) is 51.4 Å². The first-order valence-electron chi connectivity index (χ1n) is 7.25. The number of allylic oxidation sites excluding steroid dienone is 2. The quantitative estimate of drug-likeness (QED) is 0.452. The molecule has 0 spiro atoms. The second-order valence-corrected chi connectivity index (χ2v) is 5.98. The van der Waals surface area contributed by atoms with E-state index in [4.69, 9.17) is 0 Å². The van der Waals surface area contributed by atoms with E-state index in [2.05, 4.69) is 26.0 Å².